The van der Waals surface area contributed by atoms with E-state index in [2.05, 4.69) is 5.32 Å². The van der Waals surface area contributed by atoms with Crippen molar-refractivity contribution in [3.63, 3.8) is 0 Å². The Kier molecular flexibility index (Phi) is 4.63. The third kappa shape index (κ3) is 4.03. The summed E-state index contributed by atoms with van der Waals surface area (Å²) < 4.78 is 0. The Morgan fingerprint density at radius 3 is 2.38 bits per heavy atom. The molecule has 0 heterocycles. The van der Waals surface area contributed by atoms with E-state index in [0.717, 1.165) is 0 Å². The average molecular weight is 260 g/mol. The minimum atomic E-state index is -0.102. The van der Waals surface area contributed by atoms with Crippen molar-refractivity contribution in [2.45, 2.75) is 13.8 Å². The normalized spacial score (nSPS) is 11.2. The summed E-state index contributed by atoms with van der Waals surface area (Å²) in [6.07, 6.45) is 0. The van der Waals surface area contributed by atoms with Crippen LogP contribution in [0.15, 0.2) is 24.3 Å². The quantitative estimate of drug-likeness (QED) is 0.826. The molecule has 0 aliphatic rings. The second kappa shape index (κ2) is 5.55. The second-order valence-corrected chi connectivity index (χ2v) is 5.19. The number of amides is 1. The van der Waals surface area contributed by atoms with E-state index in [9.17, 15) is 4.79 Å². The summed E-state index contributed by atoms with van der Waals surface area (Å²) in [5.41, 5.74) is 0.513. The molecule has 2 nitrogen and oxygen atoms in total. The molecule has 0 fully saturated rings. The van der Waals surface area contributed by atoms with Crippen LogP contribution in [-0.2, 0) is 0 Å². The average Bonchev–Trinajstić information content (AvgIpc) is 2.27. The molecule has 0 spiro atoms. The molecule has 4 heteroatoms. The van der Waals surface area contributed by atoms with Crippen molar-refractivity contribution in [2.75, 3.05) is 12.4 Å². The maximum absolute atomic E-state index is 11.7. The lowest BCUT2D eigenvalue weighted by Gasteiger charge is -2.21. The van der Waals surface area contributed by atoms with Gasteiger partial charge in [0.25, 0.3) is 5.91 Å². The van der Waals surface area contributed by atoms with E-state index in [1.54, 1.807) is 24.3 Å². The minimum Gasteiger partial charge on any atom is -0.351 e. The molecule has 16 heavy (non-hydrogen) atoms. The molecule has 0 saturated carbocycles. The molecule has 1 N–H and O–H groups in total. The van der Waals surface area contributed by atoms with E-state index >= 15 is 0 Å². The van der Waals surface area contributed by atoms with Gasteiger partial charge in [0, 0.05) is 23.0 Å². The zero-order valence-corrected chi connectivity index (χ0v) is 10.9. The van der Waals surface area contributed by atoms with Crippen LogP contribution in [0.2, 0.25) is 5.02 Å². The lowest BCUT2D eigenvalue weighted by atomic mass is 9.96. The number of rotatable bonds is 4. The van der Waals surface area contributed by atoms with Crippen LogP contribution in [0.3, 0.4) is 0 Å². The van der Waals surface area contributed by atoms with Gasteiger partial charge in [0.15, 0.2) is 0 Å². The van der Waals surface area contributed by atoms with Gasteiger partial charge in [0.1, 0.15) is 0 Å². The molecule has 0 aliphatic carbocycles. The Morgan fingerprint density at radius 2 is 1.88 bits per heavy atom. The zero-order valence-electron chi connectivity index (χ0n) is 9.39. The summed E-state index contributed by atoms with van der Waals surface area (Å²) in [5, 5.41) is 3.47. The Labute approximate surface area is 106 Å². The summed E-state index contributed by atoms with van der Waals surface area (Å²) in [5.74, 6) is 0.406. The third-order valence-corrected chi connectivity index (χ3v) is 3.17. The predicted molar refractivity (Wildman–Crippen MR) is 68.3 cm³/mol. The van der Waals surface area contributed by atoms with E-state index in [4.69, 9.17) is 23.2 Å². The fraction of sp³-hybridized carbons (Fsp3) is 0.417. The lowest BCUT2D eigenvalue weighted by molar-refractivity contribution is 0.0940. The van der Waals surface area contributed by atoms with Crippen LogP contribution < -0.4 is 5.32 Å². The molecular weight excluding hydrogens is 245 g/mol. The second-order valence-electron chi connectivity index (χ2n) is 4.49. The highest BCUT2D eigenvalue weighted by molar-refractivity contribution is 6.30. The van der Waals surface area contributed by atoms with Crippen LogP contribution in [0.5, 0.6) is 0 Å². The van der Waals surface area contributed by atoms with Crippen molar-refractivity contribution in [1.82, 2.24) is 5.32 Å². The van der Waals surface area contributed by atoms with Crippen LogP contribution in [0.1, 0.15) is 24.2 Å². The minimum absolute atomic E-state index is 0.0936. The number of halogens is 2. The fourth-order valence-corrected chi connectivity index (χ4v) is 1.29. The van der Waals surface area contributed by atoms with Crippen molar-refractivity contribution in [1.29, 1.82) is 0 Å². The van der Waals surface area contributed by atoms with Gasteiger partial charge in [-0.3, -0.25) is 4.79 Å². The van der Waals surface area contributed by atoms with E-state index < -0.39 is 0 Å². The highest BCUT2D eigenvalue weighted by Crippen LogP contribution is 2.15. The molecule has 1 amide bonds. The molecule has 1 rings (SSSR count). The summed E-state index contributed by atoms with van der Waals surface area (Å²) in [4.78, 5) is 11.7. The molecule has 0 bridgehead atoms. The summed E-state index contributed by atoms with van der Waals surface area (Å²) >= 11 is 11.5. The maximum atomic E-state index is 11.7. The predicted octanol–water partition coefficient (Wildman–Crippen LogP) is 3.33. The van der Waals surface area contributed by atoms with Crippen LogP contribution in [-0.4, -0.2) is 18.3 Å². The summed E-state index contributed by atoms with van der Waals surface area (Å²) in [6, 6.07) is 6.79. The summed E-state index contributed by atoms with van der Waals surface area (Å²) in [6.45, 7) is 4.56. The first-order valence-electron chi connectivity index (χ1n) is 5.04. The number of alkyl halides is 1. The van der Waals surface area contributed by atoms with Gasteiger partial charge in [-0.15, -0.1) is 11.6 Å². The number of carbonyl (C=O) groups is 1. The molecular formula is C12H15Cl2NO. The third-order valence-electron chi connectivity index (χ3n) is 2.20. The molecule has 0 atom stereocenters. The number of hydrogen-bond acceptors (Lipinski definition) is 1. The Bertz CT molecular complexity index is 360. The molecule has 0 unspecified atom stereocenters. The van der Waals surface area contributed by atoms with E-state index in [0.29, 0.717) is 23.0 Å². The molecule has 0 aromatic heterocycles. The van der Waals surface area contributed by atoms with Gasteiger partial charge in [0.2, 0.25) is 0 Å². The molecule has 1 aromatic carbocycles. The first-order valence-corrected chi connectivity index (χ1v) is 5.95. The number of hydrogen-bond donors (Lipinski definition) is 1. The highest BCUT2D eigenvalue weighted by atomic mass is 35.5. The van der Waals surface area contributed by atoms with Crippen molar-refractivity contribution in [3.05, 3.63) is 34.9 Å². The molecule has 0 aliphatic heterocycles. The van der Waals surface area contributed by atoms with Gasteiger partial charge in [-0.1, -0.05) is 25.4 Å². The van der Waals surface area contributed by atoms with Crippen LogP contribution >= 0.6 is 23.2 Å². The van der Waals surface area contributed by atoms with Crippen molar-refractivity contribution >= 4 is 29.1 Å². The van der Waals surface area contributed by atoms with Crippen LogP contribution in [0.25, 0.3) is 0 Å². The highest BCUT2D eigenvalue weighted by Gasteiger charge is 2.17. The number of benzene rings is 1. The van der Waals surface area contributed by atoms with Gasteiger partial charge >= 0.3 is 0 Å². The van der Waals surface area contributed by atoms with Gasteiger partial charge < -0.3 is 5.32 Å². The maximum Gasteiger partial charge on any atom is 0.251 e. The number of carbonyl (C=O) groups excluding carboxylic acids is 1. The van der Waals surface area contributed by atoms with Gasteiger partial charge in [-0.2, -0.15) is 0 Å². The standard InChI is InChI=1S/C12H15Cl2NO/c1-12(2,7-13)8-15-11(16)9-3-5-10(14)6-4-9/h3-6H,7-8H2,1-2H3,(H,15,16). The molecule has 0 radical (unpaired) electrons. The van der Waals surface area contributed by atoms with E-state index in [1.807, 2.05) is 13.8 Å². The fourth-order valence-electron chi connectivity index (χ4n) is 1.07. The lowest BCUT2D eigenvalue weighted by Crippen LogP contribution is -2.34. The first kappa shape index (κ1) is 13.3. The topological polar surface area (TPSA) is 29.1 Å². The van der Waals surface area contributed by atoms with Crippen molar-refractivity contribution in [2.24, 2.45) is 5.41 Å². The Hall–Kier alpha value is -0.730. The Balaban J connectivity index is 2.56. The summed E-state index contributed by atoms with van der Waals surface area (Å²) in [7, 11) is 0. The SMILES string of the molecule is CC(C)(CCl)CNC(=O)c1ccc(Cl)cc1. The van der Waals surface area contributed by atoms with Gasteiger partial charge in [-0.05, 0) is 29.7 Å². The van der Waals surface area contributed by atoms with E-state index in [1.165, 1.54) is 0 Å². The van der Waals surface area contributed by atoms with Crippen molar-refractivity contribution in [3.8, 4) is 0 Å². The Morgan fingerprint density at radius 1 is 1.31 bits per heavy atom. The number of nitrogens with one attached hydrogen (secondary N) is 1. The molecule has 1 aromatic rings. The first-order chi connectivity index (χ1) is 7.44. The van der Waals surface area contributed by atoms with Crippen LogP contribution in [0.4, 0.5) is 0 Å². The van der Waals surface area contributed by atoms with Gasteiger partial charge in [-0.25, -0.2) is 0 Å². The largest absolute Gasteiger partial charge is 0.351 e. The molecule has 0 saturated heterocycles. The van der Waals surface area contributed by atoms with Crippen LogP contribution in [0, 0.1) is 5.41 Å². The van der Waals surface area contributed by atoms with E-state index in [-0.39, 0.29) is 11.3 Å². The smallest absolute Gasteiger partial charge is 0.251 e. The monoisotopic (exact) mass is 259 g/mol. The van der Waals surface area contributed by atoms with Gasteiger partial charge in [0.05, 0.1) is 0 Å². The van der Waals surface area contributed by atoms with Crippen molar-refractivity contribution < 1.29 is 4.79 Å². The zero-order chi connectivity index (χ0) is 12.2. The molecule has 88 valence electrons.